The summed E-state index contributed by atoms with van der Waals surface area (Å²) in [4.78, 5) is 14.0. The van der Waals surface area contributed by atoms with Crippen LogP contribution in [0.2, 0.25) is 5.02 Å². The van der Waals surface area contributed by atoms with Crippen molar-refractivity contribution < 1.29 is 9.53 Å². The summed E-state index contributed by atoms with van der Waals surface area (Å²) in [7, 11) is 1.88. The minimum atomic E-state index is -0.0615. The number of carbonyl (C=O) groups excluding carboxylic acids is 1. The highest BCUT2D eigenvalue weighted by atomic mass is 79.9. The maximum Gasteiger partial charge on any atom is 0.238 e. The molecule has 24 heavy (non-hydrogen) atoms. The van der Waals surface area contributed by atoms with Crippen molar-refractivity contribution in [1.82, 2.24) is 4.90 Å². The fraction of sp³-hybridized carbons (Fsp3) is 0.278. The van der Waals surface area contributed by atoms with Crippen LogP contribution in [0.5, 0.6) is 5.75 Å². The number of likely N-dealkylation sites (N-methyl/N-ethyl adjacent to an activating group) is 1. The smallest absolute Gasteiger partial charge is 0.238 e. The summed E-state index contributed by atoms with van der Waals surface area (Å²) in [6, 6.07) is 13.0. The van der Waals surface area contributed by atoms with Crippen LogP contribution in [-0.2, 0) is 4.79 Å². The Balaban J connectivity index is 1.74. The van der Waals surface area contributed by atoms with Crippen molar-refractivity contribution in [2.45, 2.75) is 6.92 Å². The molecule has 6 heteroatoms. The summed E-state index contributed by atoms with van der Waals surface area (Å²) in [5.41, 5.74) is 1.91. The third-order valence-electron chi connectivity index (χ3n) is 3.37. The van der Waals surface area contributed by atoms with Crippen molar-refractivity contribution in [3.05, 3.63) is 57.5 Å². The number of nitrogens with zero attached hydrogens (tertiary/aromatic N) is 1. The first-order valence-corrected chi connectivity index (χ1v) is 8.74. The molecule has 0 atom stereocenters. The number of carbonyl (C=O) groups is 1. The van der Waals surface area contributed by atoms with E-state index in [1.165, 1.54) is 0 Å². The zero-order chi connectivity index (χ0) is 17.5. The molecule has 2 aromatic rings. The van der Waals surface area contributed by atoms with Crippen LogP contribution < -0.4 is 10.1 Å². The van der Waals surface area contributed by atoms with E-state index in [4.69, 9.17) is 16.3 Å². The number of aryl methyl sites for hydroxylation is 1. The Kier molecular flexibility index (Phi) is 7.09. The highest BCUT2D eigenvalue weighted by molar-refractivity contribution is 9.10. The Bertz CT molecular complexity index is 692. The molecule has 0 saturated heterocycles. The van der Waals surface area contributed by atoms with Gasteiger partial charge in [0.25, 0.3) is 0 Å². The predicted molar refractivity (Wildman–Crippen MR) is 102 cm³/mol. The molecule has 2 rings (SSSR count). The van der Waals surface area contributed by atoms with Crippen LogP contribution in [0.25, 0.3) is 0 Å². The van der Waals surface area contributed by atoms with Crippen LogP contribution in [-0.4, -0.2) is 37.6 Å². The first kappa shape index (κ1) is 18.8. The normalized spacial score (nSPS) is 10.7. The van der Waals surface area contributed by atoms with Crippen LogP contribution in [0.1, 0.15) is 5.56 Å². The zero-order valence-corrected chi connectivity index (χ0v) is 16.0. The molecule has 0 aliphatic rings. The predicted octanol–water partition coefficient (Wildman–Crippen LogP) is 4.36. The summed E-state index contributed by atoms with van der Waals surface area (Å²) < 4.78 is 6.50. The molecule has 2 aromatic carbocycles. The van der Waals surface area contributed by atoms with E-state index in [2.05, 4.69) is 21.2 Å². The molecule has 0 aliphatic carbocycles. The molecule has 0 aromatic heterocycles. The van der Waals surface area contributed by atoms with Gasteiger partial charge < -0.3 is 10.1 Å². The SMILES string of the molecule is Cc1ccc(NC(=O)CN(C)CCOc2ccc(Cl)cc2)c(Br)c1. The topological polar surface area (TPSA) is 41.6 Å². The second-order valence-electron chi connectivity index (χ2n) is 5.57. The summed E-state index contributed by atoms with van der Waals surface area (Å²) in [5, 5.41) is 3.58. The third kappa shape index (κ3) is 6.15. The number of halogens is 2. The van der Waals surface area contributed by atoms with Crippen LogP contribution in [0, 0.1) is 6.92 Å². The van der Waals surface area contributed by atoms with Gasteiger partial charge in [-0.25, -0.2) is 0 Å². The molecule has 0 heterocycles. The monoisotopic (exact) mass is 410 g/mol. The molecule has 128 valence electrons. The second kappa shape index (κ2) is 9.06. The molecule has 0 radical (unpaired) electrons. The van der Waals surface area contributed by atoms with Crippen LogP contribution in [0.15, 0.2) is 46.9 Å². The third-order valence-corrected chi connectivity index (χ3v) is 4.28. The quantitative estimate of drug-likeness (QED) is 0.736. The van der Waals surface area contributed by atoms with Crippen molar-refractivity contribution in [2.75, 3.05) is 32.1 Å². The maximum atomic E-state index is 12.1. The van der Waals surface area contributed by atoms with E-state index < -0.39 is 0 Å². The Morgan fingerprint density at radius 1 is 1.25 bits per heavy atom. The first-order chi connectivity index (χ1) is 11.4. The molecule has 0 saturated carbocycles. The minimum Gasteiger partial charge on any atom is -0.492 e. The summed E-state index contributed by atoms with van der Waals surface area (Å²) in [6.45, 7) is 3.44. The second-order valence-corrected chi connectivity index (χ2v) is 6.86. The molecular formula is C18H20BrClN2O2. The van der Waals surface area contributed by atoms with Gasteiger partial charge in [0, 0.05) is 16.0 Å². The lowest BCUT2D eigenvalue weighted by atomic mass is 10.2. The lowest BCUT2D eigenvalue weighted by Crippen LogP contribution is -2.33. The lowest BCUT2D eigenvalue weighted by molar-refractivity contribution is -0.117. The molecule has 0 aliphatic heterocycles. The molecular weight excluding hydrogens is 392 g/mol. The van der Waals surface area contributed by atoms with Gasteiger partial charge in [0.1, 0.15) is 12.4 Å². The zero-order valence-electron chi connectivity index (χ0n) is 13.7. The molecule has 1 N–H and O–H groups in total. The number of amides is 1. The van der Waals surface area contributed by atoms with Crippen LogP contribution in [0.4, 0.5) is 5.69 Å². The molecule has 4 nitrogen and oxygen atoms in total. The molecule has 0 fully saturated rings. The average molecular weight is 412 g/mol. The highest BCUT2D eigenvalue weighted by Crippen LogP contribution is 2.23. The van der Waals surface area contributed by atoms with E-state index >= 15 is 0 Å². The van der Waals surface area contributed by atoms with Gasteiger partial charge in [-0.3, -0.25) is 9.69 Å². The fourth-order valence-corrected chi connectivity index (χ4v) is 2.80. The Labute approximate surface area is 155 Å². The van der Waals surface area contributed by atoms with E-state index in [1.54, 1.807) is 12.1 Å². The van der Waals surface area contributed by atoms with Gasteiger partial charge in [-0.1, -0.05) is 17.7 Å². The van der Waals surface area contributed by atoms with Crippen molar-refractivity contribution >= 4 is 39.1 Å². The van der Waals surface area contributed by atoms with E-state index in [-0.39, 0.29) is 5.91 Å². The van der Waals surface area contributed by atoms with E-state index in [9.17, 15) is 4.79 Å². The lowest BCUT2D eigenvalue weighted by Gasteiger charge is -2.17. The number of hydrogen-bond acceptors (Lipinski definition) is 3. The van der Waals surface area contributed by atoms with Gasteiger partial charge in [-0.15, -0.1) is 0 Å². The molecule has 0 spiro atoms. The van der Waals surface area contributed by atoms with Gasteiger partial charge in [-0.05, 0) is 71.9 Å². The van der Waals surface area contributed by atoms with Crippen molar-refractivity contribution in [2.24, 2.45) is 0 Å². The molecule has 0 unspecified atom stereocenters. The number of ether oxygens (including phenoxy) is 1. The van der Waals surface area contributed by atoms with Gasteiger partial charge in [0.2, 0.25) is 5.91 Å². The van der Waals surface area contributed by atoms with E-state index in [0.717, 1.165) is 21.5 Å². The fourth-order valence-electron chi connectivity index (χ4n) is 2.09. The van der Waals surface area contributed by atoms with Gasteiger partial charge in [0.05, 0.1) is 12.2 Å². The summed E-state index contributed by atoms with van der Waals surface area (Å²) in [5.74, 6) is 0.703. The largest absolute Gasteiger partial charge is 0.492 e. The summed E-state index contributed by atoms with van der Waals surface area (Å²) in [6.07, 6.45) is 0. The van der Waals surface area contributed by atoms with E-state index in [0.29, 0.717) is 24.7 Å². The first-order valence-electron chi connectivity index (χ1n) is 7.57. The number of rotatable bonds is 7. The molecule has 1 amide bonds. The standard InChI is InChI=1S/C18H20BrClN2O2/c1-13-3-8-17(16(19)11-13)21-18(23)12-22(2)9-10-24-15-6-4-14(20)5-7-15/h3-8,11H,9-10,12H2,1-2H3,(H,21,23). The van der Waals surface area contributed by atoms with Gasteiger partial charge in [0.15, 0.2) is 0 Å². The van der Waals surface area contributed by atoms with Crippen molar-refractivity contribution in [3.63, 3.8) is 0 Å². The van der Waals surface area contributed by atoms with Crippen LogP contribution >= 0.6 is 27.5 Å². The van der Waals surface area contributed by atoms with Crippen molar-refractivity contribution in [3.8, 4) is 5.75 Å². The summed E-state index contributed by atoms with van der Waals surface area (Å²) >= 11 is 9.29. The van der Waals surface area contributed by atoms with Crippen molar-refractivity contribution in [1.29, 1.82) is 0 Å². The minimum absolute atomic E-state index is 0.0615. The van der Waals surface area contributed by atoms with Gasteiger partial charge in [-0.2, -0.15) is 0 Å². The Hall–Kier alpha value is -1.56. The number of benzene rings is 2. The number of hydrogen-bond donors (Lipinski definition) is 1. The number of anilines is 1. The van der Waals surface area contributed by atoms with Gasteiger partial charge >= 0.3 is 0 Å². The Morgan fingerprint density at radius 3 is 2.62 bits per heavy atom. The highest BCUT2D eigenvalue weighted by Gasteiger charge is 2.09. The maximum absolute atomic E-state index is 12.1. The van der Waals surface area contributed by atoms with E-state index in [1.807, 2.05) is 49.2 Å². The number of nitrogens with one attached hydrogen (secondary N) is 1. The average Bonchev–Trinajstić information content (AvgIpc) is 2.52. The Morgan fingerprint density at radius 2 is 1.96 bits per heavy atom. The van der Waals surface area contributed by atoms with Crippen LogP contribution in [0.3, 0.4) is 0 Å². The molecule has 0 bridgehead atoms.